The van der Waals surface area contributed by atoms with Crippen molar-refractivity contribution in [1.82, 2.24) is 19.7 Å². The predicted molar refractivity (Wildman–Crippen MR) is 110 cm³/mol. The molecule has 0 saturated heterocycles. The quantitative estimate of drug-likeness (QED) is 0.381. The van der Waals surface area contributed by atoms with Crippen LogP contribution in [0.4, 0.5) is 0 Å². The highest BCUT2D eigenvalue weighted by molar-refractivity contribution is 7.98. The Balaban J connectivity index is 1.58. The first-order chi connectivity index (χ1) is 13.9. The fourth-order valence-corrected chi connectivity index (χ4v) is 3.96. The van der Waals surface area contributed by atoms with E-state index in [9.17, 15) is 0 Å². The second-order valence-corrected chi connectivity index (χ2v) is 7.21. The number of rotatable bonds is 5. The van der Waals surface area contributed by atoms with Gasteiger partial charge >= 0.3 is 0 Å². The van der Waals surface area contributed by atoms with Crippen molar-refractivity contribution < 1.29 is 4.42 Å². The van der Waals surface area contributed by atoms with Crippen LogP contribution in [-0.2, 0) is 5.75 Å². The lowest BCUT2D eigenvalue weighted by Crippen LogP contribution is -1.99. The molecule has 0 atom stereocenters. The molecule has 0 aliphatic rings. The van der Waals surface area contributed by atoms with Gasteiger partial charge in [-0.1, -0.05) is 48.2 Å². The van der Waals surface area contributed by atoms with Gasteiger partial charge in [-0.3, -0.25) is 9.55 Å². The van der Waals surface area contributed by atoms with E-state index in [1.807, 2.05) is 77.4 Å². The highest BCUT2D eigenvalue weighted by Crippen LogP contribution is 2.32. The molecule has 6 heteroatoms. The number of thioether (sulfide) groups is 1. The van der Waals surface area contributed by atoms with Gasteiger partial charge in [0.2, 0.25) is 5.82 Å². The van der Waals surface area contributed by atoms with Crippen molar-refractivity contribution in [2.24, 2.45) is 0 Å². The highest BCUT2D eigenvalue weighted by Gasteiger charge is 2.19. The lowest BCUT2D eigenvalue weighted by atomic mass is 10.2. The molecule has 0 unspecified atom stereocenters. The van der Waals surface area contributed by atoms with E-state index in [-0.39, 0.29) is 0 Å². The zero-order chi connectivity index (χ0) is 18.8. The van der Waals surface area contributed by atoms with E-state index < -0.39 is 0 Å². The molecule has 0 bridgehead atoms. The number of fused-ring (bicyclic) bond motifs is 1. The topological polar surface area (TPSA) is 56.7 Å². The van der Waals surface area contributed by atoms with Crippen LogP contribution in [0.1, 0.15) is 5.56 Å². The van der Waals surface area contributed by atoms with Crippen molar-refractivity contribution in [3.8, 4) is 17.3 Å². The molecule has 5 rings (SSSR count). The maximum absolute atomic E-state index is 6.05. The Morgan fingerprint density at radius 2 is 1.64 bits per heavy atom. The number of nitrogens with zero attached hydrogens (tertiary/aromatic N) is 4. The molecule has 0 radical (unpaired) electrons. The monoisotopic (exact) mass is 384 g/mol. The van der Waals surface area contributed by atoms with Crippen molar-refractivity contribution >= 4 is 22.7 Å². The van der Waals surface area contributed by atoms with E-state index in [0.29, 0.717) is 11.6 Å². The first-order valence-corrected chi connectivity index (χ1v) is 9.88. The molecule has 136 valence electrons. The summed E-state index contributed by atoms with van der Waals surface area (Å²) in [4.78, 5) is 4.08. The molecule has 0 aliphatic heterocycles. The van der Waals surface area contributed by atoms with Gasteiger partial charge in [-0.05, 0) is 42.0 Å². The van der Waals surface area contributed by atoms with Gasteiger partial charge in [0.15, 0.2) is 10.9 Å². The zero-order valence-corrected chi connectivity index (χ0v) is 15.7. The van der Waals surface area contributed by atoms with Gasteiger partial charge in [0.1, 0.15) is 5.58 Å². The SMILES string of the molecule is c1ccc(-n2c(SCc3ccncc3)nnc2-c2cc3ccccc3o2)cc1. The normalized spacial score (nSPS) is 11.1. The van der Waals surface area contributed by atoms with E-state index in [4.69, 9.17) is 4.42 Å². The van der Waals surface area contributed by atoms with Crippen LogP contribution < -0.4 is 0 Å². The Bertz CT molecular complexity index is 1180. The molecule has 2 aromatic carbocycles. The van der Waals surface area contributed by atoms with Crippen molar-refractivity contribution in [3.05, 3.63) is 90.8 Å². The maximum Gasteiger partial charge on any atom is 0.205 e. The summed E-state index contributed by atoms with van der Waals surface area (Å²) >= 11 is 1.64. The number of hydrogen-bond donors (Lipinski definition) is 0. The summed E-state index contributed by atoms with van der Waals surface area (Å²) in [5.74, 6) is 2.18. The summed E-state index contributed by atoms with van der Waals surface area (Å²) in [6.07, 6.45) is 3.61. The van der Waals surface area contributed by atoms with Gasteiger partial charge < -0.3 is 4.42 Å². The van der Waals surface area contributed by atoms with E-state index in [1.54, 1.807) is 24.2 Å². The third-order valence-electron chi connectivity index (χ3n) is 4.41. The largest absolute Gasteiger partial charge is 0.453 e. The van der Waals surface area contributed by atoms with Crippen LogP contribution in [-0.4, -0.2) is 19.7 Å². The van der Waals surface area contributed by atoms with Crippen LogP contribution in [0.15, 0.2) is 94.8 Å². The van der Waals surface area contributed by atoms with Gasteiger partial charge in [-0.25, -0.2) is 0 Å². The Morgan fingerprint density at radius 3 is 2.46 bits per heavy atom. The fraction of sp³-hybridized carbons (Fsp3) is 0.0455. The maximum atomic E-state index is 6.05. The molecule has 0 amide bonds. The fourth-order valence-electron chi connectivity index (χ4n) is 3.05. The molecule has 0 fully saturated rings. The second kappa shape index (κ2) is 7.32. The standard InChI is InChI=1S/C22H16N4OS/c1-2-7-18(8-3-1)26-21(20-14-17-6-4-5-9-19(17)27-20)24-25-22(26)28-15-16-10-12-23-13-11-16/h1-14H,15H2. The van der Waals surface area contributed by atoms with E-state index >= 15 is 0 Å². The minimum Gasteiger partial charge on any atom is -0.453 e. The molecule has 0 N–H and O–H groups in total. The molecule has 5 aromatic rings. The molecule has 3 aromatic heterocycles. The van der Waals surface area contributed by atoms with Crippen LogP contribution in [0, 0.1) is 0 Å². The van der Waals surface area contributed by atoms with Crippen molar-refractivity contribution in [2.45, 2.75) is 10.9 Å². The summed E-state index contributed by atoms with van der Waals surface area (Å²) in [5, 5.41) is 10.8. The van der Waals surface area contributed by atoms with Crippen LogP contribution in [0.25, 0.3) is 28.2 Å². The van der Waals surface area contributed by atoms with Gasteiger partial charge in [0.25, 0.3) is 0 Å². The Labute approximate surface area is 166 Å². The Hall–Kier alpha value is -3.38. The van der Waals surface area contributed by atoms with Gasteiger partial charge in [-0.15, -0.1) is 10.2 Å². The van der Waals surface area contributed by atoms with Crippen molar-refractivity contribution in [1.29, 1.82) is 0 Å². The molecule has 0 saturated carbocycles. The molecule has 0 spiro atoms. The number of furan rings is 1. The Kier molecular flexibility index (Phi) is 4.39. The zero-order valence-electron chi connectivity index (χ0n) is 14.9. The summed E-state index contributed by atoms with van der Waals surface area (Å²) < 4.78 is 8.10. The minimum absolute atomic E-state index is 0.694. The Morgan fingerprint density at radius 1 is 0.857 bits per heavy atom. The van der Waals surface area contributed by atoms with Gasteiger partial charge in [0.05, 0.1) is 0 Å². The highest BCUT2D eigenvalue weighted by atomic mass is 32.2. The molecule has 28 heavy (non-hydrogen) atoms. The van der Waals surface area contributed by atoms with E-state index in [2.05, 4.69) is 15.2 Å². The number of hydrogen-bond acceptors (Lipinski definition) is 5. The van der Waals surface area contributed by atoms with Crippen LogP contribution >= 0.6 is 11.8 Å². The first-order valence-electron chi connectivity index (χ1n) is 8.90. The lowest BCUT2D eigenvalue weighted by molar-refractivity contribution is 0.622. The molecule has 0 aliphatic carbocycles. The summed E-state index contributed by atoms with van der Waals surface area (Å²) in [7, 11) is 0. The van der Waals surface area contributed by atoms with Crippen molar-refractivity contribution in [2.75, 3.05) is 0 Å². The summed E-state index contributed by atoms with van der Waals surface area (Å²) in [6, 6.07) is 24.1. The third-order valence-corrected chi connectivity index (χ3v) is 5.41. The van der Waals surface area contributed by atoms with E-state index in [0.717, 1.165) is 27.6 Å². The average Bonchev–Trinajstić information content (AvgIpc) is 3.37. The average molecular weight is 384 g/mol. The van der Waals surface area contributed by atoms with Crippen LogP contribution in [0.2, 0.25) is 0 Å². The number of aromatic nitrogens is 4. The van der Waals surface area contributed by atoms with Gasteiger partial charge in [0, 0.05) is 29.2 Å². The molecule has 5 nitrogen and oxygen atoms in total. The van der Waals surface area contributed by atoms with Gasteiger partial charge in [-0.2, -0.15) is 0 Å². The third kappa shape index (κ3) is 3.18. The summed E-state index contributed by atoms with van der Waals surface area (Å²) in [5.41, 5.74) is 3.03. The predicted octanol–water partition coefficient (Wildman–Crippen LogP) is 5.37. The second-order valence-electron chi connectivity index (χ2n) is 6.27. The van der Waals surface area contributed by atoms with Crippen LogP contribution in [0.5, 0.6) is 0 Å². The minimum atomic E-state index is 0.694. The van der Waals surface area contributed by atoms with Crippen LogP contribution in [0.3, 0.4) is 0 Å². The molecular formula is C22H16N4OS. The smallest absolute Gasteiger partial charge is 0.205 e. The first kappa shape index (κ1) is 16.8. The number of para-hydroxylation sites is 2. The molecule has 3 heterocycles. The van der Waals surface area contributed by atoms with Crippen molar-refractivity contribution in [3.63, 3.8) is 0 Å². The molecular weight excluding hydrogens is 368 g/mol. The van der Waals surface area contributed by atoms with E-state index in [1.165, 1.54) is 5.56 Å². The lowest BCUT2D eigenvalue weighted by Gasteiger charge is -2.09. The summed E-state index contributed by atoms with van der Waals surface area (Å²) in [6.45, 7) is 0. The number of pyridine rings is 1. The number of benzene rings is 2.